The molecule has 2 unspecified atom stereocenters. The molecule has 1 fully saturated rings. The van der Waals surface area contributed by atoms with Gasteiger partial charge >= 0.3 is 5.69 Å². The van der Waals surface area contributed by atoms with Crippen LogP contribution < -0.4 is 11.2 Å². The summed E-state index contributed by atoms with van der Waals surface area (Å²) in [5, 5.41) is 29.5. The summed E-state index contributed by atoms with van der Waals surface area (Å²) < 4.78 is 7.44. The predicted octanol–water partition coefficient (Wildman–Crippen LogP) is 0.0402. The number of aryl methyl sites for hydroxylation is 1. The van der Waals surface area contributed by atoms with Gasteiger partial charge in [-0.2, -0.15) is 0 Å². The van der Waals surface area contributed by atoms with E-state index in [4.69, 9.17) is 4.74 Å². The second-order valence-corrected chi connectivity index (χ2v) is 7.56. The second-order valence-electron chi connectivity index (χ2n) is 7.56. The Morgan fingerprint density at radius 3 is 2.55 bits per heavy atom. The van der Waals surface area contributed by atoms with Crippen LogP contribution in [0.1, 0.15) is 17.5 Å². The average Bonchev–Trinajstić information content (AvgIpc) is 3.05. The van der Waals surface area contributed by atoms with E-state index in [1.54, 1.807) is 6.20 Å². The summed E-state index contributed by atoms with van der Waals surface area (Å²) in [6, 6.07) is 12.8. The third-order valence-electron chi connectivity index (χ3n) is 5.37. The Morgan fingerprint density at radius 2 is 1.84 bits per heavy atom. The molecule has 1 saturated heterocycles. The number of hydrogen-bond donors (Lipinski definition) is 3. The van der Waals surface area contributed by atoms with E-state index in [2.05, 4.69) is 4.98 Å². The van der Waals surface area contributed by atoms with Crippen LogP contribution in [0, 0.1) is 6.92 Å². The van der Waals surface area contributed by atoms with Crippen LogP contribution in [-0.2, 0) is 11.3 Å². The quantitative estimate of drug-likeness (QED) is 0.527. The lowest BCUT2D eigenvalue weighted by molar-refractivity contribution is -0.0555. The molecule has 4 atom stereocenters. The highest BCUT2D eigenvalue weighted by atomic mass is 16.6. The van der Waals surface area contributed by atoms with Crippen molar-refractivity contribution in [1.29, 1.82) is 0 Å². The monoisotopic (exact) mass is 425 g/mol. The molecule has 0 spiro atoms. The van der Waals surface area contributed by atoms with Gasteiger partial charge in [-0.25, -0.2) is 4.79 Å². The minimum absolute atomic E-state index is 0.0764. The first-order valence-corrected chi connectivity index (χ1v) is 9.85. The minimum Gasteiger partial charge on any atom is -0.394 e. The second kappa shape index (κ2) is 8.56. The molecule has 9 nitrogen and oxygen atoms in total. The fourth-order valence-electron chi connectivity index (χ4n) is 3.71. The van der Waals surface area contributed by atoms with Crippen molar-refractivity contribution in [1.82, 2.24) is 14.1 Å². The van der Waals surface area contributed by atoms with Crippen molar-refractivity contribution in [3.8, 4) is 11.1 Å². The first kappa shape index (κ1) is 21.1. The fourth-order valence-corrected chi connectivity index (χ4v) is 3.71. The van der Waals surface area contributed by atoms with Crippen molar-refractivity contribution >= 4 is 0 Å². The number of hydrogen-bond acceptors (Lipinski definition) is 7. The molecule has 31 heavy (non-hydrogen) atoms. The number of aliphatic hydroxyl groups excluding tert-OH is 3. The van der Waals surface area contributed by atoms with Gasteiger partial charge in [-0.3, -0.25) is 18.9 Å². The van der Waals surface area contributed by atoms with E-state index in [0.717, 1.165) is 25.8 Å². The molecule has 4 rings (SSSR count). The fraction of sp³-hybridized carbons (Fsp3) is 0.318. The topological polar surface area (TPSA) is 127 Å². The predicted molar refractivity (Wildman–Crippen MR) is 111 cm³/mol. The summed E-state index contributed by atoms with van der Waals surface area (Å²) in [6.07, 6.45) is -2.21. The number of pyridine rings is 1. The molecular weight excluding hydrogens is 402 g/mol. The van der Waals surface area contributed by atoms with E-state index < -0.39 is 42.4 Å². The molecule has 3 aromatic rings. The van der Waals surface area contributed by atoms with Gasteiger partial charge in [0.15, 0.2) is 6.23 Å². The summed E-state index contributed by atoms with van der Waals surface area (Å²) >= 11 is 0. The number of ether oxygens (including phenoxy) is 1. The molecule has 3 heterocycles. The van der Waals surface area contributed by atoms with E-state index >= 15 is 0 Å². The van der Waals surface area contributed by atoms with Crippen LogP contribution in [0.3, 0.4) is 0 Å². The zero-order valence-corrected chi connectivity index (χ0v) is 16.8. The molecule has 0 aliphatic carbocycles. The van der Waals surface area contributed by atoms with Crippen LogP contribution in [0.2, 0.25) is 0 Å². The summed E-state index contributed by atoms with van der Waals surface area (Å²) in [5.74, 6) is 0. The third-order valence-corrected chi connectivity index (χ3v) is 5.37. The average molecular weight is 425 g/mol. The maximum atomic E-state index is 13.0. The molecule has 0 amide bonds. The van der Waals surface area contributed by atoms with Gasteiger partial charge < -0.3 is 20.1 Å². The van der Waals surface area contributed by atoms with E-state index in [1.807, 2.05) is 43.3 Å². The smallest absolute Gasteiger partial charge is 0.333 e. The minimum atomic E-state index is -1.43. The van der Waals surface area contributed by atoms with Crippen molar-refractivity contribution in [2.24, 2.45) is 0 Å². The number of aliphatic hydroxyl groups is 3. The van der Waals surface area contributed by atoms with Crippen molar-refractivity contribution in [3.63, 3.8) is 0 Å². The van der Waals surface area contributed by atoms with E-state index in [-0.39, 0.29) is 6.54 Å². The molecule has 1 aliphatic heterocycles. The van der Waals surface area contributed by atoms with Gasteiger partial charge in [-0.05, 0) is 30.2 Å². The lowest BCUT2D eigenvalue weighted by Gasteiger charge is -2.18. The molecular formula is C22H23N3O6. The highest BCUT2D eigenvalue weighted by molar-refractivity contribution is 5.64. The molecule has 0 radical (unpaired) electrons. The van der Waals surface area contributed by atoms with E-state index in [0.29, 0.717) is 5.69 Å². The summed E-state index contributed by atoms with van der Waals surface area (Å²) in [5.41, 5.74) is 2.27. The van der Waals surface area contributed by atoms with Crippen LogP contribution in [0.5, 0.6) is 0 Å². The molecule has 1 aliphatic rings. The Kier molecular flexibility index (Phi) is 5.84. The van der Waals surface area contributed by atoms with Crippen molar-refractivity contribution in [3.05, 3.63) is 87.0 Å². The van der Waals surface area contributed by atoms with Crippen LogP contribution in [0.25, 0.3) is 11.1 Å². The van der Waals surface area contributed by atoms with Crippen LogP contribution >= 0.6 is 0 Å². The van der Waals surface area contributed by atoms with Gasteiger partial charge in [0.25, 0.3) is 5.56 Å². The third kappa shape index (κ3) is 4.08. The Bertz CT molecular complexity index is 1200. The Morgan fingerprint density at radius 1 is 1.06 bits per heavy atom. The number of aromatic nitrogens is 3. The molecule has 0 bridgehead atoms. The molecule has 9 heteroatoms. The lowest BCUT2D eigenvalue weighted by atomic mass is 10.0. The summed E-state index contributed by atoms with van der Waals surface area (Å²) in [7, 11) is 0. The Balaban J connectivity index is 1.67. The van der Waals surface area contributed by atoms with Gasteiger partial charge in [-0.1, -0.05) is 29.8 Å². The van der Waals surface area contributed by atoms with Crippen molar-refractivity contribution < 1.29 is 20.1 Å². The first-order valence-electron chi connectivity index (χ1n) is 9.85. The SMILES string of the molecule is Cc1cccc(-c2ccnc(Cn3c(=O)ccn([C@@H]4O[C@H](CO)C(O)C4O)c3=O)c2)c1. The Hall–Kier alpha value is -3.11. The highest BCUT2D eigenvalue weighted by Crippen LogP contribution is 2.28. The number of benzene rings is 1. The van der Waals surface area contributed by atoms with Gasteiger partial charge in [-0.15, -0.1) is 0 Å². The zero-order chi connectivity index (χ0) is 22.1. The molecule has 1 aromatic carbocycles. The number of nitrogens with zero attached hydrogens (tertiary/aromatic N) is 3. The largest absolute Gasteiger partial charge is 0.394 e. The van der Waals surface area contributed by atoms with Gasteiger partial charge in [0.05, 0.1) is 18.8 Å². The Labute approximate surface area is 177 Å². The zero-order valence-electron chi connectivity index (χ0n) is 16.8. The van der Waals surface area contributed by atoms with Crippen molar-refractivity contribution in [2.45, 2.75) is 38.0 Å². The normalized spacial score (nSPS) is 23.2. The van der Waals surface area contributed by atoms with E-state index in [1.165, 1.54) is 12.3 Å². The molecule has 0 saturated carbocycles. The molecule has 2 aromatic heterocycles. The lowest BCUT2D eigenvalue weighted by Crippen LogP contribution is -2.43. The van der Waals surface area contributed by atoms with Crippen molar-refractivity contribution in [2.75, 3.05) is 6.61 Å². The van der Waals surface area contributed by atoms with Gasteiger partial charge in [0.1, 0.15) is 18.3 Å². The summed E-state index contributed by atoms with van der Waals surface area (Å²) in [4.78, 5) is 29.7. The van der Waals surface area contributed by atoms with Crippen LogP contribution in [-0.4, -0.2) is 54.4 Å². The summed E-state index contributed by atoms with van der Waals surface area (Å²) in [6.45, 7) is 1.40. The van der Waals surface area contributed by atoms with E-state index in [9.17, 15) is 24.9 Å². The maximum absolute atomic E-state index is 13.0. The van der Waals surface area contributed by atoms with Crippen LogP contribution in [0.15, 0.2) is 64.4 Å². The van der Waals surface area contributed by atoms with Crippen LogP contribution in [0.4, 0.5) is 0 Å². The maximum Gasteiger partial charge on any atom is 0.333 e. The first-order chi connectivity index (χ1) is 14.9. The number of rotatable bonds is 5. The van der Waals surface area contributed by atoms with Gasteiger partial charge in [0, 0.05) is 18.5 Å². The standard InChI is InChI=1S/C22H23N3O6/c1-13-3-2-4-14(9-13)15-5-7-23-16(10-15)11-25-18(27)6-8-24(22(25)30)21-20(29)19(28)17(12-26)31-21/h2-10,17,19-21,26,28-29H,11-12H2,1H3/t17-,19?,20?,21-/m1/s1. The highest BCUT2D eigenvalue weighted by Gasteiger charge is 2.43. The molecule has 3 N–H and O–H groups in total. The molecule has 162 valence electrons. The van der Waals surface area contributed by atoms with Gasteiger partial charge in [0.2, 0.25) is 0 Å².